The Morgan fingerprint density at radius 2 is 1.68 bits per heavy atom. The van der Waals surface area contributed by atoms with E-state index in [0.717, 1.165) is 23.7 Å². The molecule has 2 fully saturated rings. The van der Waals surface area contributed by atoms with Crippen LogP contribution in [0.3, 0.4) is 0 Å². The first-order chi connectivity index (χ1) is 15.6. The van der Waals surface area contributed by atoms with Gasteiger partial charge in [0.2, 0.25) is 0 Å². The number of fused-ring (bicyclic) bond motifs is 1. The molecule has 0 aromatic carbocycles. The Kier molecular flexibility index (Phi) is 9.48. The molecule has 0 radical (unpaired) electrons. The van der Waals surface area contributed by atoms with Crippen LogP contribution >= 0.6 is 0 Å². The summed E-state index contributed by atoms with van der Waals surface area (Å²) in [5.74, 6) is -1.31. The lowest BCUT2D eigenvalue weighted by Crippen LogP contribution is -2.56. The molecule has 34 heavy (non-hydrogen) atoms. The largest absolute Gasteiger partial charge is 0.464 e. The van der Waals surface area contributed by atoms with Crippen molar-refractivity contribution in [2.24, 2.45) is 5.92 Å². The minimum atomic E-state index is -2.27. The van der Waals surface area contributed by atoms with Gasteiger partial charge in [0, 0.05) is 5.92 Å². The fourth-order valence-electron chi connectivity index (χ4n) is 4.86. The maximum absolute atomic E-state index is 13.3. The van der Waals surface area contributed by atoms with E-state index in [-0.39, 0.29) is 35.2 Å². The first kappa shape index (κ1) is 29.7. The smallest absolute Gasteiger partial charge is 0.334 e. The van der Waals surface area contributed by atoms with Crippen LogP contribution in [0, 0.1) is 5.92 Å². The molecule has 0 amide bonds. The van der Waals surface area contributed by atoms with Crippen molar-refractivity contribution >= 4 is 22.6 Å². The zero-order valence-corrected chi connectivity index (χ0v) is 25.6. The summed E-state index contributed by atoms with van der Waals surface area (Å²) < 4.78 is 32.0. The number of hydrogen-bond donors (Lipinski definition) is 0. The number of carbonyl (C=O) groups is 1. The first-order valence-electron chi connectivity index (χ1n) is 13.1. The van der Waals surface area contributed by atoms with Crippen molar-refractivity contribution in [2.45, 2.75) is 135 Å². The molecule has 1 saturated heterocycles. The van der Waals surface area contributed by atoms with Gasteiger partial charge in [-0.25, -0.2) is 4.79 Å². The molecule has 0 unspecified atom stereocenters. The Labute approximate surface area is 210 Å². The maximum atomic E-state index is 13.3. The average molecular weight is 515 g/mol. The van der Waals surface area contributed by atoms with E-state index in [1.807, 2.05) is 20.8 Å². The third-order valence-corrected chi connectivity index (χ3v) is 17.4. The Morgan fingerprint density at radius 1 is 1.12 bits per heavy atom. The number of ether oxygens (including phenoxy) is 3. The Hall–Kier alpha value is -0.516. The number of rotatable bonds is 10. The van der Waals surface area contributed by atoms with Gasteiger partial charge >= 0.3 is 5.97 Å². The van der Waals surface area contributed by atoms with Crippen LogP contribution in [0.1, 0.15) is 68.7 Å². The predicted octanol–water partition coefficient (Wildman–Crippen LogP) is 6.43. The normalized spacial score (nSPS) is 28.5. The third kappa shape index (κ3) is 6.24. The van der Waals surface area contributed by atoms with Crippen LogP contribution in [0.5, 0.6) is 0 Å². The van der Waals surface area contributed by atoms with Gasteiger partial charge in [-0.15, -0.1) is 0 Å². The van der Waals surface area contributed by atoms with Gasteiger partial charge in [-0.2, -0.15) is 0 Å². The molecule has 0 aromatic rings. The Balaban J connectivity index is 2.49. The van der Waals surface area contributed by atoms with Crippen LogP contribution < -0.4 is 0 Å². The SMILES string of the molecule is C=C1[C@H]([C@@H](O[Si](C)(C)C(C)(C)C)C(=O)OCC)C[C@@H](O[Si](CC)(CC)CC)[C@H]2OC(C)(C)O[C@@H]12. The lowest BCUT2D eigenvalue weighted by atomic mass is 9.77. The second-order valence-electron chi connectivity index (χ2n) is 11.9. The number of carbonyl (C=O) groups excluding carboxylic acids is 1. The van der Waals surface area contributed by atoms with Crippen molar-refractivity contribution in [3.63, 3.8) is 0 Å². The summed E-state index contributed by atoms with van der Waals surface area (Å²) in [5, 5.41) is -0.0458. The second-order valence-corrected chi connectivity index (χ2v) is 21.4. The van der Waals surface area contributed by atoms with Gasteiger partial charge in [0.05, 0.1) is 12.7 Å². The van der Waals surface area contributed by atoms with Gasteiger partial charge in [-0.1, -0.05) is 48.1 Å². The van der Waals surface area contributed by atoms with Crippen molar-refractivity contribution in [2.75, 3.05) is 6.61 Å². The van der Waals surface area contributed by atoms with Crippen LogP contribution in [0.2, 0.25) is 36.3 Å². The van der Waals surface area contributed by atoms with Crippen LogP contribution in [-0.4, -0.2) is 59.4 Å². The molecule has 1 aliphatic carbocycles. The van der Waals surface area contributed by atoms with E-state index < -0.39 is 28.5 Å². The van der Waals surface area contributed by atoms with E-state index >= 15 is 0 Å². The third-order valence-electron chi connectivity index (χ3n) is 8.27. The standard InChI is InChI=1S/C26H50O6Si2/c1-13-28-24(27)22(32-33(11,12)25(6,7)8)19-17-20(31-34(14-2,15-3)16-4)23-21(18(19)5)29-26(9,10)30-23/h19-23H,5,13-17H2,1-4,6-12H3/t19-,20-,21+,22-,23-/m1/s1. The molecule has 5 atom stereocenters. The summed E-state index contributed by atoms with van der Waals surface area (Å²) in [6.45, 7) is 28.0. The molecule has 6 nitrogen and oxygen atoms in total. The zero-order valence-electron chi connectivity index (χ0n) is 23.6. The molecule has 198 valence electrons. The maximum Gasteiger partial charge on any atom is 0.334 e. The van der Waals surface area contributed by atoms with Gasteiger partial charge in [-0.3, -0.25) is 0 Å². The highest BCUT2D eigenvalue weighted by Gasteiger charge is 2.56. The monoisotopic (exact) mass is 514 g/mol. The van der Waals surface area contributed by atoms with Crippen LogP contribution in [0.4, 0.5) is 0 Å². The fourth-order valence-corrected chi connectivity index (χ4v) is 8.98. The van der Waals surface area contributed by atoms with E-state index in [1.54, 1.807) is 0 Å². The minimum absolute atomic E-state index is 0.0458. The summed E-state index contributed by atoms with van der Waals surface area (Å²) in [4.78, 5) is 13.3. The summed E-state index contributed by atoms with van der Waals surface area (Å²) >= 11 is 0. The zero-order chi connectivity index (χ0) is 26.1. The van der Waals surface area contributed by atoms with E-state index in [9.17, 15) is 4.79 Å². The molecule has 0 bridgehead atoms. The first-order valence-corrected chi connectivity index (χ1v) is 18.6. The van der Waals surface area contributed by atoms with Crippen molar-refractivity contribution in [3.05, 3.63) is 12.2 Å². The quantitative estimate of drug-likeness (QED) is 0.190. The highest BCUT2D eigenvalue weighted by molar-refractivity contribution is 6.74. The van der Waals surface area contributed by atoms with Crippen molar-refractivity contribution < 1.29 is 27.9 Å². The second kappa shape index (κ2) is 10.8. The van der Waals surface area contributed by atoms with E-state index in [1.165, 1.54) is 0 Å². The van der Waals surface area contributed by atoms with Crippen LogP contribution in [-0.2, 0) is 27.9 Å². The van der Waals surface area contributed by atoms with Gasteiger partial charge in [-0.05, 0) is 69.0 Å². The molecular formula is C26H50O6Si2. The predicted molar refractivity (Wildman–Crippen MR) is 142 cm³/mol. The molecular weight excluding hydrogens is 464 g/mol. The van der Waals surface area contributed by atoms with Gasteiger partial charge in [0.25, 0.3) is 0 Å². The number of esters is 1. The highest BCUT2D eigenvalue weighted by Crippen LogP contribution is 2.47. The van der Waals surface area contributed by atoms with Gasteiger partial charge in [0.1, 0.15) is 18.3 Å². The Bertz CT molecular complexity index is 717. The molecule has 0 aromatic heterocycles. The van der Waals surface area contributed by atoms with Crippen LogP contribution in [0.25, 0.3) is 0 Å². The molecule has 1 saturated carbocycles. The summed E-state index contributed by atoms with van der Waals surface area (Å²) in [6, 6.07) is 3.14. The summed E-state index contributed by atoms with van der Waals surface area (Å²) in [5.41, 5.74) is 0.851. The molecule has 2 aliphatic rings. The lowest BCUT2D eigenvalue weighted by molar-refractivity contribution is -0.156. The van der Waals surface area contributed by atoms with E-state index in [4.69, 9.17) is 23.1 Å². The molecule has 0 N–H and O–H groups in total. The van der Waals surface area contributed by atoms with E-state index in [2.05, 4.69) is 61.2 Å². The number of hydrogen-bond acceptors (Lipinski definition) is 6. The van der Waals surface area contributed by atoms with Crippen molar-refractivity contribution in [1.82, 2.24) is 0 Å². The summed E-state index contributed by atoms with van der Waals surface area (Å²) in [7, 11) is -4.20. The van der Waals surface area contributed by atoms with Gasteiger partial charge in [0.15, 0.2) is 22.4 Å². The van der Waals surface area contributed by atoms with Crippen molar-refractivity contribution in [3.8, 4) is 0 Å². The summed E-state index contributed by atoms with van der Waals surface area (Å²) in [6.07, 6.45) is -0.851. The highest BCUT2D eigenvalue weighted by atomic mass is 28.4. The molecule has 1 heterocycles. The minimum Gasteiger partial charge on any atom is -0.464 e. The molecule has 1 aliphatic heterocycles. The average Bonchev–Trinajstić information content (AvgIpc) is 3.07. The van der Waals surface area contributed by atoms with Gasteiger partial charge < -0.3 is 23.1 Å². The topological polar surface area (TPSA) is 63.2 Å². The van der Waals surface area contributed by atoms with Crippen LogP contribution in [0.15, 0.2) is 12.2 Å². The van der Waals surface area contributed by atoms with Crippen molar-refractivity contribution in [1.29, 1.82) is 0 Å². The molecule has 2 rings (SSSR count). The lowest BCUT2D eigenvalue weighted by Gasteiger charge is -2.46. The molecule has 8 heteroatoms. The molecule has 0 spiro atoms. The Morgan fingerprint density at radius 3 is 2.15 bits per heavy atom. The fraction of sp³-hybridized carbons (Fsp3) is 0.885. The van der Waals surface area contributed by atoms with E-state index in [0.29, 0.717) is 13.0 Å².